The molecule has 1 amide bonds. The molecule has 0 saturated heterocycles. The maximum atomic E-state index is 12.1. The molecule has 0 aromatic carbocycles. The van der Waals surface area contributed by atoms with Crippen molar-refractivity contribution < 1.29 is 13.6 Å². The second-order valence-electron chi connectivity index (χ2n) is 4.02. The Morgan fingerprint density at radius 1 is 1.47 bits per heavy atom. The van der Waals surface area contributed by atoms with E-state index in [1.54, 1.807) is 0 Å². The molecule has 3 nitrogen and oxygen atoms in total. The van der Waals surface area contributed by atoms with Crippen molar-refractivity contribution in [3.63, 3.8) is 0 Å². The molecular formula is C10H18F2N2O. The molecule has 1 atom stereocenters. The number of nitrogens with one attached hydrogen (secondary N) is 2. The van der Waals surface area contributed by atoms with E-state index in [9.17, 15) is 13.6 Å². The van der Waals surface area contributed by atoms with E-state index in [1.807, 2.05) is 0 Å². The van der Waals surface area contributed by atoms with Gasteiger partial charge in [0, 0.05) is 12.5 Å². The molecule has 0 aromatic rings. The highest BCUT2D eigenvalue weighted by atomic mass is 19.3. The van der Waals surface area contributed by atoms with E-state index in [1.165, 1.54) is 6.92 Å². The summed E-state index contributed by atoms with van der Waals surface area (Å²) in [7, 11) is 0. The minimum Gasteiger partial charge on any atom is -0.353 e. The van der Waals surface area contributed by atoms with Crippen molar-refractivity contribution in [2.45, 2.75) is 51.1 Å². The minimum atomic E-state index is -2.34. The van der Waals surface area contributed by atoms with Gasteiger partial charge < -0.3 is 10.6 Å². The summed E-state index contributed by atoms with van der Waals surface area (Å²) in [6, 6.07) is -0.415. The molecule has 0 aliphatic heterocycles. The van der Waals surface area contributed by atoms with Crippen LogP contribution in [0.4, 0.5) is 8.78 Å². The number of carbonyl (C=O) groups is 1. The normalized spacial score (nSPS) is 17.9. The summed E-state index contributed by atoms with van der Waals surface area (Å²) in [5, 5.41) is 5.53. The van der Waals surface area contributed by atoms with Crippen molar-refractivity contribution in [3.8, 4) is 0 Å². The van der Waals surface area contributed by atoms with Gasteiger partial charge in [-0.05, 0) is 32.7 Å². The first-order valence-electron chi connectivity index (χ1n) is 5.40. The first-order chi connectivity index (χ1) is 7.09. The largest absolute Gasteiger partial charge is 0.353 e. The molecule has 15 heavy (non-hydrogen) atoms. The van der Waals surface area contributed by atoms with Crippen molar-refractivity contribution in [2.75, 3.05) is 6.54 Å². The maximum absolute atomic E-state index is 12.1. The highest BCUT2D eigenvalue weighted by molar-refractivity contribution is 5.76. The summed E-state index contributed by atoms with van der Waals surface area (Å²) in [4.78, 5) is 11.2. The lowest BCUT2D eigenvalue weighted by atomic mass is 10.2. The Bertz CT molecular complexity index is 208. The lowest BCUT2D eigenvalue weighted by Gasteiger charge is -2.11. The van der Waals surface area contributed by atoms with Gasteiger partial charge >= 0.3 is 0 Å². The van der Waals surface area contributed by atoms with Crippen molar-refractivity contribution in [3.05, 3.63) is 0 Å². The summed E-state index contributed by atoms with van der Waals surface area (Å²) in [6.07, 6.45) is 0.832. The second-order valence-corrected chi connectivity index (χ2v) is 4.02. The molecule has 0 bridgehead atoms. The predicted molar refractivity (Wildman–Crippen MR) is 53.9 cm³/mol. The molecule has 1 aliphatic rings. The Kier molecular flexibility index (Phi) is 4.94. The average molecular weight is 220 g/mol. The second kappa shape index (κ2) is 6.00. The van der Waals surface area contributed by atoms with Crippen molar-refractivity contribution >= 4 is 5.91 Å². The van der Waals surface area contributed by atoms with Crippen molar-refractivity contribution in [2.24, 2.45) is 0 Å². The molecule has 88 valence electrons. The molecule has 2 N–H and O–H groups in total. The van der Waals surface area contributed by atoms with E-state index in [4.69, 9.17) is 0 Å². The fraction of sp³-hybridized carbons (Fsp3) is 0.900. The van der Waals surface area contributed by atoms with Gasteiger partial charge in [-0.3, -0.25) is 4.79 Å². The van der Waals surface area contributed by atoms with Crippen LogP contribution in [0.2, 0.25) is 0 Å². The first kappa shape index (κ1) is 12.4. The van der Waals surface area contributed by atoms with Gasteiger partial charge in [-0.25, -0.2) is 8.78 Å². The minimum absolute atomic E-state index is 0.0315. The zero-order valence-electron chi connectivity index (χ0n) is 8.93. The summed E-state index contributed by atoms with van der Waals surface area (Å²) in [6.45, 7) is 1.90. The molecule has 0 heterocycles. The molecular weight excluding hydrogens is 202 g/mol. The van der Waals surface area contributed by atoms with Crippen molar-refractivity contribution in [1.82, 2.24) is 10.6 Å². The van der Waals surface area contributed by atoms with Crippen LogP contribution in [0.1, 0.15) is 32.6 Å². The Morgan fingerprint density at radius 3 is 2.67 bits per heavy atom. The van der Waals surface area contributed by atoms with E-state index in [0.717, 1.165) is 12.8 Å². The number of amides is 1. The van der Waals surface area contributed by atoms with Crippen molar-refractivity contribution in [1.29, 1.82) is 0 Å². The monoisotopic (exact) mass is 220 g/mol. The van der Waals surface area contributed by atoms with Gasteiger partial charge in [-0.2, -0.15) is 0 Å². The van der Waals surface area contributed by atoms with Crippen LogP contribution >= 0.6 is 0 Å². The summed E-state index contributed by atoms with van der Waals surface area (Å²) in [5.41, 5.74) is 0. The molecule has 1 unspecified atom stereocenters. The third-order valence-electron chi connectivity index (χ3n) is 2.37. The standard InChI is InChI=1S/C10H18F2N2O/c1-7(10(11)12)13-6-2-3-9(15)14-8-4-5-8/h7-8,10,13H,2-6H2,1H3,(H,14,15). The van der Waals surface area contributed by atoms with Crippen LogP contribution in [0.5, 0.6) is 0 Å². The number of hydrogen-bond donors (Lipinski definition) is 2. The molecule has 5 heteroatoms. The quantitative estimate of drug-likeness (QED) is 0.635. The van der Waals surface area contributed by atoms with E-state index < -0.39 is 12.5 Å². The zero-order valence-corrected chi connectivity index (χ0v) is 8.93. The number of rotatable bonds is 7. The van der Waals surface area contributed by atoms with Crippen LogP contribution in [-0.2, 0) is 4.79 Å². The average Bonchev–Trinajstić information content (AvgIpc) is 2.95. The van der Waals surface area contributed by atoms with Gasteiger partial charge in [-0.1, -0.05) is 0 Å². The highest BCUT2D eigenvalue weighted by Crippen LogP contribution is 2.18. The highest BCUT2D eigenvalue weighted by Gasteiger charge is 2.22. The Balaban J connectivity index is 1.93. The maximum Gasteiger partial charge on any atom is 0.253 e. The number of carbonyl (C=O) groups excluding carboxylic acids is 1. The van der Waals surface area contributed by atoms with Gasteiger partial charge in [0.05, 0.1) is 6.04 Å². The lowest BCUT2D eigenvalue weighted by molar-refractivity contribution is -0.121. The summed E-state index contributed by atoms with van der Waals surface area (Å²) in [5.74, 6) is 0.0315. The van der Waals surface area contributed by atoms with E-state index in [-0.39, 0.29) is 5.91 Å². The first-order valence-corrected chi connectivity index (χ1v) is 5.40. The SMILES string of the molecule is CC(NCCCC(=O)NC1CC1)C(F)F. The predicted octanol–water partition coefficient (Wildman–Crippen LogP) is 1.29. The summed E-state index contributed by atoms with van der Waals surface area (Å²) < 4.78 is 24.1. The molecule has 1 rings (SSSR count). The van der Waals surface area contributed by atoms with Crippen LogP contribution in [-0.4, -0.2) is 31.0 Å². The Hall–Kier alpha value is -0.710. The fourth-order valence-electron chi connectivity index (χ4n) is 1.20. The van der Waals surface area contributed by atoms with Crippen LogP contribution in [0.15, 0.2) is 0 Å². The zero-order chi connectivity index (χ0) is 11.3. The van der Waals surface area contributed by atoms with Gasteiger partial charge in [0.25, 0.3) is 6.43 Å². The Labute approximate surface area is 88.6 Å². The molecule has 1 aliphatic carbocycles. The Morgan fingerprint density at radius 2 is 2.13 bits per heavy atom. The number of halogens is 2. The molecule has 0 spiro atoms. The van der Waals surface area contributed by atoms with E-state index in [2.05, 4.69) is 10.6 Å². The van der Waals surface area contributed by atoms with E-state index in [0.29, 0.717) is 25.4 Å². The smallest absolute Gasteiger partial charge is 0.253 e. The van der Waals surface area contributed by atoms with Gasteiger partial charge in [0.1, 0.15) is 0 Å². The molecule has 0 radical (unpaired) electrons. The van der Waals surface area contributed by atoms with Crippen LogP contribution < -0.4 is 10.6 Å². The van der Waals surface area contributed by atoms with Gasteiger partial charge in [0.15, 0.2) is 0 Å². The van der Waals surface area contributed by atoms with Crippen LogP contribution in [0.3, 0.4) is 0 Å². The lowest BCUT2D eigenvalue weighted by Crippen LogP contribution is -2.34. The van der Waals surface area contributed by atoms with Crippen LogP contribution in [0.25, 0.3) is 0 Å². The van der Waals surface area contributed by atoms with E-state index >= 15 is 0 Å². The third kappa shape index (κ3) is 5.67. The molecule has 1 fully saturated rings. The summed E-state index contributed by atoms with van der Waals surface area (Å²) >= 11 is 0. The van der Waals surface area contributed by atoms with Gasteiger partial charge in [0.2, 0.25) is 5.91 Å². The topological polar surface area (TPSA) is 41.1 Å². The van der Waals surface area contributed by atoms with Gasteiger partial charge in [-0.15, -0.1) is 0 Å². The fourth-order valence-corrected chi connectivity index (χ4v) is 1.20. The third-order valence-corrected chi connectivity index (χ3v) is 2.37. The number of alkyl halides is 2. The molecule has 1 saturated carbocycles. The van der Waals surface area contributed by atoms with Crippen LogP contribution in [0, 0.1) is 0 Å². The number of hydrogen-bond acceptors (Lipinski definition) is 2. The molecule has 0 aromatic heterocycles.